The predicted octanol–water partition coefficient (Wildman–Crippen LogP) is 2.05. The molecule has 1 aliphatic rings. The Balaban J connectivity index is 1.44. The maximum absolute atomic E-state index is 5.55. The Hall–Kier alpha value is -2.28. The summed E-state index contributed by atoms with van der Waals surface area (Å²) in [6.45, 7) is 2.30. The molecule has 6 nitrogen and oxygen atoms in total. The Kier molecular flexibility index (Phi) is 5.75. The Morgan fingerprint density at radius 3 is 3.00 bits per heavy atom. The molecule has 0 fully saturated rings. The largest absolute Gasteiger partial charge is 0.493 e. The summed E-state index contributed by atoms with van der Waals surface area (Å²) < 4.78 is 5.55. The van der Waals surface area contributed by atoms with E-state index in [1.54, 1.807) is 18.4 Å². The van der Waals surface area contributed by atoms with Gasteiger partial charge in [0.05, 0.1) is 18.8 Å². The molecule has 0 saturated carbocycles. The van der Waals surface area contributed by atoms with Gasteiger partial charge in [-0.3, -0.25) is 4.99 Å². The van der Waals surface area contributed by atoms with E-state index in [2.05, 4.69) is 44.2 Å². The monoisotopic (exact) mass is 359 g/mol. The fourth-order valence-electron chi connectivity index (χ4n) is 2.70. The summed E-state index contributed by atoms with van der Waals surface area (Å²) >= 11 is 1.65. The second-order valence-electron chi connectivity index (χ2n) is 6.16. The van der Waals surface area contributed by atoms with Crippen LogP contribution in [0.5, 0.6) is 5.75 Å². The van der Waals surface area contributed by atoms with Gasteiger partial charge >= 0.3 is 0 Å². The molecule has 25 heavy (non-hydrogen) atoms. The number of nitrogens with zero attached hydrogens (tertiary/aromatic N) is 3. The minimum absolute atomic E-state index is 0.667. The Labute approximate surface area is 152 Å². The van der Waals surface area contributed by atoms with Crippen molar-refractivity contribution in [3.05, 3.63) is 40.4 Å². The third kappa shape index (κ3) is 4.63. The topological polar surface area (TPSA) is 61.8 Å². The summed E-state index contributed by atoms with van der Waals surface area (Å²) in [5, 5.41) is 9.75. The van der Waals surface area contributed by atoms with Crippen molar-refractivity contribution in [1.29, 1.82) is 0 Å². The molecular weight excluding hydrogens is 334 g/mol. The molecule has 2 heterocycles. The van der Waals surface area contributed by atoms with E-state index in [1.165, 1.54) is 11.1 Å². The molecule has 134 valence electrons. The number of guanidine groups is 1. The van der Waals surface area contributed by atoms with Crippen LogP contribution in [0.3, 0.4) is 0 Å². The number of anilines is 1. The molecule has 1 aromatic heterocycles. The molecule has 3 rings (SSSR count). The number of hydrogen-bond donors (Lipinski definition) is 2. The van der Waals surface area contributed by atoms with Gasteiger partial charge in [0.15, 0.2) is 11.1 Å². The molecule has 0 amide bonds. The predicted molar refractivity (Wildman–Crippen MR) is 104 cm³/mol. The summed E-state index contributed by atoms with van der Waals surface area (Å²) in [4.78, 5) is 10.9. The molecule has 2 aromatic rings. The van der Waals surface area contributed by atoms with Gasteiger partial charge in [0, 0.05) is 39.5 Å². The van der Waals surface area contributed by atoms with E-state index in [0.29, 0.717) is 6.54 Å². The first-order valence-electron chi connectivity index (χ1n) is 8.46. The normalized spacial score (nSPS) is 13.3. The van der Waals surface area contributed by atoms with Crippen LogP contribution in [0.4, 0.5) is 5.13 Å². The standard InChI is InChI=1S/C18H25N5OS/c1-19-17(21-11-15-12-25-18(22-15)23(2)3)20-8-6-13-4-5-16-14(10-13)7-9-24-16/h4-5,10,12H,6-9,11H2,1-3H3,(H2,19,20,21). The third-order valence-corrected chi connectivity index (χ3v) is 5.10. The molecule has 0 bridgehead atoms. The van der Waals surface area contributed by atoms with Gasteiger partial charge in [-0.2, -0.15) is 0 Å². The minimum atomic E-state index is 0.667. The molecule has 0 saturated heterocycles. The molecule has 7 heteroatoms. The van der Waals surface area contributed by atoms with Crippen molar-refractivity contribution in [2.75, 3.05) is 39.2 Å². The van der Waals surface area contributed by atoms with Crippen LogP contribution in [0, 0.1) is 0 Å². The second-order valence-corrected chi connectivity index (χ2v) is 7.00. The molecular formula is C18H25N5OS. The zero-order valence-electron chi connectivity index (χ0n) is 15.0. The lowest BCUT2D eigenvalue weighted by Gasteiger charge is -2.11. The molecule has 0 spiro atoms. The van der Waals surface area contributed by atoms with E-state index in [9.17, 15) is 0 Å². The van der Waals surface area contributed by atoms with Gasteiger partial charge in [0.25, 0.3) is 0 Å². The van der Waals surface area contributed by atoms with Crippen LogP contribution < -0.4 is 20.3 Å². The lowest BCUT2D eigenvalue weighted by molar-refractivity contribution is 0.357. The molecule has 1 aromatic carbocycles. The molecule has 1 aliphatic heterocycles. The van der Waals surface area contributed by atoms with Crippen molar-refractivity contribution in [2.45, 2.75) is 19.4 Å². The van der Waals surface area contributed by atoms with Crippen LogP contribution >= 0.6 is 11.3 Å². The zero-order valence-corrected chi connectivity index (χ0v) is 15.8. The van der Waals surface area contributed by atoms with Crippen LogP contribution in [0.25, 0.3) is 0 Å². The highest BCUT2D eigenvalue weighted by atomic mass is 32.1. The zero-order chi connectivity index (χ0) is 17.6. The van der Waals surface area contributed by atoms with E-state index in [-0.39, 0.29) is 0 Å². The number of nitrogens with one attached hydrogen (secondary N) is 2. The number of fused-ring (bicyclic) bond motifs is 1. The van der Waals surface area contributed by atoms with E-state index < -0.39 is 0 Å². The van der Waals surface area contributed by atoms with Gasteiger partial charge in [0.1, 0.15) is 5.75 Å². The number of ether oxygens (including phenoxy) is 1. The first kappa shape index (κ1) is 17.5. The lowest BCUT2D eigenvalue weighted by atomic mass is 10.1. The smallest absolute Gasteiger partial charge is 0.191 e. The number of rotatable bonds is 6. The Morgan fingerprint density at radius 2 is 2.24 bits per heavy atom. The van der Waals surface area contributed by atoms with Crippen LogP contribution in [0.1, 0.15) is 16.8 Å². The Bertz CT molecular complexity index is 741. The number of benzene rings is 1. The summed E-state index contributed by atoms with van der Waals surface area (Å²) in [5.74, 6) is 1.83. The van der Waals surface area contributed by atoms with Crippen LogP contribution in [0.2, 0.25) is 0 Å². The number of aromatic nitrogens is 1. The van der Waals surface area contributed by atoms with E-state index in [0.717, 1.165) is 48.5 Å². The van der Waals surface area contributed by atoms with Gasteiger partial charge in [-0.05, 0) is 23.6 Å². The van der Waals surface area contributed by atoms with Crippen molar-refractivity contribution in [2.24, 2.45) is 4.99 Å². The third-order valence-electron chi connectivity index (χ3n) is 4.04. The average molecular weight is 359 g/mol. The van der Waals surface area contributed by atoms with Gasteiger partial charge in [0.2, 0.25) is 0 Å². The van der Waals surface area contributed by atoms with Crippen LogP contribution in [-0.4, -0.2) is 45.2 Å². The van der Waals surface area contributed by atoms with Crippen molar-refractivity contribution in [3.63, 3.8) is 0 Å². The minimum Gasteiger partial charge on any atom is -0.493 e. The van der Waals surface area contributed by atoms with Gasteiger partial charge in [-0.1, -0.05) is 12.1 Å². The van der Waals surface area contributed by atoms with Crippen molar-refractivity contribution in [3.8, 4) is 5.75 Å². The molecule has 2 N–H and O–H groups in total. The second kappa shape index (κ2) is 8.20. The summed E-state index contributed by atoms with van der Waals surface area (Å²) in [6.07, 6.45) is 1.97. The summed E-state index contributed by atoms with van der Waals surface area (Å²) in [5.41, 5.74) is 3.66. The first-order chi connectivity index (χ1) is 12.2. The van der Waals surface area contributed by atoms with Crippen LogP contribution in [-0.2, 0) is 19.4 Å². The lowest BCUT2D eigenvalue weighted by Crippen LogP contribution is -2.37. The average Bonchev–Trinajstić information content (AvgIpc) is 3.26. The van der Waals surface area contributed by atoms with Gasteiger partial charge in [-0.15, -0.1) is 11.3 Å². The molecule has 0 radical (unpaired) electrons. The summed E-state index contributed by atoms with van der Waals surface area (Å²) in [6, 6.07) is 6.47. The molecule has 0 unspecified atom stereocenters. The highest BCUT2D eigenvalue weighted by Crippen LogP contribution is 2.25. The van der Waals surface area contributed by atoms with Crippen molar-refractivity contribution >= 4 is 22.4 Å². The molecule has 0 aliphatic carbocycles. The van der Waals surface area contributed by atoms with Gasteiger partial charge < -0.3 is 20.3 Å². The quantitative estimate of drug-likeness (QED) is 0.611. The highest BCUT2D eigenvalue weighted by Gasteiger charge is 2.11. The van der Waals surface area contributed by atoms with Crippen molar-refractivity contribution in [1.82, 2.24) is 15.6 Å². The van der Waals surface area contributed by atoms with Crippen molar-refractivity contribution < 1.29 is 4.74 Å². The molecule has 0 atom stereocenters. The maximum atomic E-state index is 5.55. The fourth-order valence-corrected chi connectivity index (χ4v) is 3.46. The Morgan fingerprint density at radius 1 is 1.36 bits per heavy atom. The number of aliphatic imine (C=N–C) groups is 1. The maximum Gasteiger partial charge on any atom is 0.191 e. The summed E-state index contributed by atoms with van der Waals surface area (Å²) in [7, 11) is 5.79. The number of hydrogen-bond acceptors (Lipinski definition) is 5. The van der Waals surface area contributed by atoms with E-state index >= 15 is 0 Å². The highest BCUT2D eigenvalue weighted by molar-refractivity contribution is 7.13. The van der Waals surface area contributed by atoms with Crippen LogP contribution in [0.15, 0.2) is 28.6 Å². The van der Waals surface area contributed by atoms with Gasteiger partial charge in [-0.25, -0.2) is 4.98 Å². The van der Waals surface area contributed by atoms with E-state index in [4.69, 9.17) is 4.74 Å². The fraction of sp³-hybridized carbons (Fsp3) is 0.444. The first-order valence-corrected chi connectivity index (χ1v) is 9.34. The van der Waals surface area contributed by atoms with E-state index in [1.807, 2.05) is 19.0 Å². The number of thiazole rings is 1. The SMILES string of the molecule is CN=C(NCCc1ccc2c(c1)CCO2)NCc1csc(N(C)C)n1.